The van der Waals surface area contributed by atoms with E-state index in [4.69, 9.17) is 0 Å². The molecule has 0 saturated heterocycles. The molecule has 0 heterocycles. The van der Waals surface area contributed by atoms with Crippen LogP contribution >= 0.6 is 0 Å². The minimum Gasteiger partial charge on any atom is -0.396 e. The molecule has 0 aliphatic heterocycles. The molecule has 4 aliphatic rings. The molecule has 3 nitrogen and oxygen atoms in total. The minimum absolute atomic E-state index is 0.0774. The average Bonchev–Trinajstić information content (AvgIpc) is 2.83. The Morgan fingerprint density at radius 1 is 1.09 bits per heavy atom. The maximum Gasteiger partial charge on any atom is 0.139 e. The molecule has 4 aliphatic carbocycles. The summed E-state index contributed by atoms with van der Waals surface area (Å²) in [5.41, 5.74) is -0.151. The largest absolute Gasteiger partial charge is 0.396 e. The van der Waals surface area contributed by atoms with Gasteiger partial charge in [0.15, 0.2) is 0 Å². The van der Waals surface area contributed by atoms with Gasteiger partial charge in [-0.2, -0.15) is 0 Å². The molecule has 4 fully saturated rings. The number of aliphatic hydroxyl groups is 1. The third-order valence-electron chi connectivity index (χ3n) is 8.68. The molecule has 0 radical (unpaired) electrons. The van der Waals surface area contributed by atoms with E-state index in [-0.39, 0.29) is 29.3 Å². The van der Waals surface area contributed by atoms with Crippen molar-refractivity contribution < 1.29 is 14.7 Å². The molecule has 4 rings (SSSR count). The molecule has 0 aromatic carbocycles. The number of ketones is 2. The molecule has 0 aromatic heterocycles. The van der Waals surface area contributed by atoms with E-state index in [0.29, 0.717) is 42.2 Å². The van der Waals surface area contributed by atoms with Gasteiger partial charge in [0.25, 0.3) is 0 Å². The number of carbonyl (C=O) groups excluding carboxylic acids is 2. The van der Waals surface area contributed by atoms with Crippen molar-refractivity contribution in [1.82, 2.24) is 0 Å². The monoisotopic (exact) mass is 318 g/mol. The highest BCUT2D eigenvalue weighted by atomic mass is 16.3. The first-order valence-corrected chi connectivity index (χ1v) is 9.59. The molecule has 7 atom stereocenters. The third kappa shape index (κ3) is 1.92. The van der Waals surface area contributed by atoms with Crippen molar-refractivity contribution in [3.8, 4) is 0 Å². The summed E-state index contributed by atoms with van der Waals surface area (Å²) >= 11 is 0. The highest BCUT2D eigenvalue weighted by Crippen LogP contribution is 2.65. The second-order valence-corrected chi connectivity index (χ2v) is 9.20. The van der Waals surface area contributed by atoms with E-state index >= 15 is 0 Å². The normalized spacial score (nSPS) is 52.7. The first-order chi connectivity index (χ1) is 10.9. The summed E-state index contributed by atoms with van der Waals surface area (Å²) < 4.78 is 0. The second-order valence-electron chi connectivity index (χ2n) is 9.20. The molecule has 0 amide bonds. The molecule has 3 heteroatoms. The zero-order valence-electron chi connectivity index (χ0n) is 14.5. The number of fused-ring (bicyclic) bond motifs is 5. The Labute approximate surface area is 139 Å². The number of Topliss-reactive ketones (excluding diaryl/α,β-unsaturated/α-hetero) is 2. The molecular formula is C20H30O3. The molecule has 0 bridgehead atoms. The molecule has 1 N–H and O–H groups in total. The van der Waals surface area contributed by atoms with Crippen molar-refractivity contribution in [2.24, 2.45) is 40.4 Å². The minimum atomic E-state index is -0.247. The Morgan fingerprint density at radius 2 is 1.87 bits per heavy atom. The number of aliphatic hydroxyl groups excluding tert-OH is 1. The van der Waals surface area contributed by atoms with E-state index in [2.05, 4.69) is 13.8 Å². The maximum atomic E-state index is 13.0. The van der Waals surface area contributed by atoms with Crippen LogP contribution in [0.1, 0.15) is 65.2 Å². The fourth-order valence-corrected chi connectivity index (χ4v) is 7.22. The molecule has 2 unspecified atom stereocenters. The van der Waals surface area contributed by atoms with Gasteiger partial charge >= 0.3 is 0 Å². The lowest BCUT2D eigenvalue weighted by atomic mass is 9.43. The van der Waals surface area contributed by atoms with Crippen LogP contribution in [0.2, 0.25) is 0 Å². The lowest BCUT2D eigenvalue weighted by Crippen LogP contribution is -2.59. The SMILES string of the molecule is C[C@]12C(CO)CCCC1CC(=O)[C@@H]1[C@@H]2CC[C@]2(C)C(=O)CC[C@@H]12. The molecule has 23 heavy (non-hydrogen) atoms. The molecule has 128 valence electrons. The summed E-state index contributed by atoms with van der Waals surface area (Å²) in [6.07, 6.45) is 7.60. The standard InChI is InChI=1S/C20H30O3/c1-19-9-8-15-18(14(19)6-7-17(19)23)16(22)10-12-4-3-5-13(11-21)20(12,15)2/h12-15,18,21H,3-11H2,1-2H3/t12?,13?,14-,15-,18-,19-,20+/m0/s1. The predicted molar refractivity (Wildman–Crippen MR) is 87.7 cm³/mol. The lowest BCUT2D eigenvalue weighted by molar-refractivity contribution is -0.167. The Balaban J connectivity index is 1.74. The van der Waals surface area contributed by atoms with Crippen molar-refractivity contribution in [2.45, 2.75) is 65.2 Å². The Hall–Kier alpha value is -0.700. The fourth-order valence-electron chi connectivity index (χ4n) is 7.22. The van der Waals surface area contributed by atoms with Gasteiger partial charge in [0, 0.05) is 30.8 Å². The van der Waals surface area contributed by atoms with Gasteiger partial charge in [-0.15, -0.1) is 0 Å². The smallest absolute Gasteiger partial charge is 0.139 e. The van der Waals surface area contributed by atoms with Crippen LogP contribution in [0, 0.1) is 40.4 Å². The topological polar surface area (TPSA) is 54.4 Å². The van der Waals surface area contributed by atoms with Crippen molar-refractivity contribution >= 4 is 11.6 Å². The van der Waals surface area contributed by atoms with Gasteiger partial charge in [0.05, 0.1) is 0 Å². The highest BCUT2D eigenvalue weighted by molar-refractivity contribution is 5.90. The van der Waals surface area contributed by atoms with E-state index < -0.39 is 0 Å². The van der Waals surface area contributed by atoms with Crippen molar-refractivity contribution in [2.75, 3.05) is 6.61 Å². The van der Waals surface area contributed by atoms with E-state index in [9.17, 15) is 14.7 Å². The molecule has 0 spiro atoms. The van der Waals surface area contributed by atoms with Gasteiger partial charge in [0.1, 0.15) is 11.6 Å². The number of hydrogen-bond acceptors (Lipinski definition) is 3. The zero-order valence-corrected chi connectivity index (χ0v) is 14.5. The second kappa shape index (κ2) is 5.15. The van der Waals surface area contributed by atoms with Crippen LogP contribution in [-0.2, 0) is 9.59 Å². The summed E-state index contributed by atoms with van der Waals surface area (Å²) in [4.78, 5) is 25.5. The third-order valence-corrected chi connectivity index (χ3v) is 8.68. The van der Waals surface area contributed by atoms with Gasteiger partial charge in [0.2, 0.25) is 0 Å². The first kappa shape index (κ1) is 15.8. The quantitative estimate of drug-likeness (QED) is 0.806. The number of carbonyl (C=O) groups is 2. The zero-order chi connectivity index (χ0) is 16.4. The molecule has 0 aromatic rings. The van der Waals surface area contributed by atoms with Crippen LogP contribution in [0.4, 0.5) is 0 Å². The van der Waals surface area contributed by atoms with Gasteiger partial charge in [-0.05, 0) is 61.2 Å². The molecule has 4 saturated carbocycles. The first-order valence-electron chi connectivity index (χ1n) is 9.59. The van der Waals surface area contributed by atoms with Crippen LogP contribution in [-0.4, -0.2) is 23.3 Å². The summed E-state index contributed by atoms with van der Waals surface area (Å²) in [5.74, 6) is 2.33. The van der Waals surface area contributed by atoms with Crippen LogP contribution in [0.5, 0.6) is 0 Å². The van der Waals surface area contributed by atoms with E-state index in [1.807, 2.05) is 0 Å². The maximum absolute atomic E-state index is 13.0. The van der Waals surface area contributed by atoms with Crippen molar-refractivity contribution in [1.29, 1.82) is 0 Å². The molecular weight excluding hydrogens is 288 g/mol. The van der Waals surface area contributed by atoms with E-state index in [0.717, 1.165) is 38.5 Å². The highest BCUT2D eigenvalue weighted by Gasteiger charge is 2.63. The van der Waals surface area contributed by atoms with Gasteiger partial charge in [-0.1, -0.05) is 20.3 Å². The van der Waals surface area contributed by atoms with Gasteiger partial charge < -0.3 is 5.11 Å². The van der Waals surface area contributed by atoms with Crippen molar-refractivity contribution in [3.05, 3.63) is 0 Å². The lowest BCUT2D eigenvalue weighted by Gasteiger charge is -2.61. The average molecular weight is 318 g/mol. The van der Waals surface area contributed by atoms with Gasteiger partial charge in [-0.3, -0.25) is 9.59 Å². The van der Waals surface area contributed by atoms with E-state index in [1.165, 1.54) is 0 Å². The summed E-state index contributed by atoms with van der Waals surface area (Å²) in [6.45, 7) is 4.74. The van der Waals surface area contributed by atoms with Gasteiger partial charge in [-0.25, -0.2) is 0 Å². The Morgan fingerprint density at radius 3 is 2.61 bits per heavy atom. The van der Waals surface area contributed by atoms with Crippen LogP contribution < -0.4 is 0 Å². The predicted octanol–water partition coefficient (Wildman–Crippen LogP) is 3.39. The Bertz CT molecular complexity index is 541. The van der Waals surface area contributed by atoms with E-state index in [1.54, 1.807) is 0 Å². The van der Waals surface area contributed by atoms with Crippen LogP contribution in [0.25, 0.3) is 0 Å². The van der Waals surface area contributed by atoms with Crippen LogP contribution in [0.3, 0.4) is 0 Å². The Kier molecular flexibility index (Phi) is 3.54. The summed E-state index contributed by atoms with van der Waals surface area (Å²) in [6, 6.07) is 0. The summed E-state index contributed by atoms with van der Waals surface area (Å²) in [5, 5.41) is 9.99. The summed E-state index contributed by atoms with van der Waals surface area (Å²) in [7, 11) is 0. The number of rotatable bonds is 1. The van der Waals surface area contributed by atoms with Crippen molar-refractivity contribution in [3.63, 3.8) is 0 Å². The van der Waals surface area contributed by atoms with Crippen LogP contribution in [0.15, 0.2) is 0 Å². The number of hydrogen-bond donors (Lipinski definition) is 1. The fraction of sp³-hybridized carbons (Fsp3) is 0.900.